The fraction of sp³-hybridized carbons (Fsp3) is 0. The molecule has 0 unspecified atom stereocenters. The molecule has 0 aromatic carbocycles. The van der Waals surface area contributed by atoms with Gasteiger partial charge in [0.05, 0.1) is 2.88 Å². The van der Waals surface area contributed by atoms with E-state index in [2.05, 4.69) is 28.5 Å². The molecule has 1 aromatic rings. The van der Waals surface area contributed by atoms with Crippen LogP contribution in [0.4, 0.5) is 0 Å². The second kappa shape index (κ2) is 2.51. The molecule has 1 rings (SSSR count). The Labute approximate surface area is 66.1 Å². The summed E-state index contributed by atoms with van der Waals surface area (Å²) in [6.07, 6.45) is 5.12. The van der Waals surface area contributed by atoms with E-state index in [0.29, 0.717) is 0 Å². The van der Waals surface area contributed by atoms with Crippen molar-refractivity contribution >= 4 is 33.9 Å². The Morgan fingerprint density at radius 1 is 1.75 bits per heavy atom. The molecule has 0 spiro atoms. The molecule has 1 heterocycles. The van der Waals surface area contributed by atoms with Gasteiger partial charge in [0.25, 0.3) is 0 Å². The first-order valence-corrected chi connectivity index (χ1v) is 3.99. The quantitative estimate of drug-likeness (QED) is 0.477. The molecule has 0 bridgehead atoms. The van der Waals surface area contributed by atoms with Gasteiger partial charge in [0, 0.05) is 10.9 Å². The van der Waals surface area contributed by atoms with Crippen LogP contribution in [0.3, 0.4) is 0 Å². The van der Waals surface area contributed by atoms with E-state index in [9.17, 15) is 0 Å². The largest absolute Gasteiger partial charge is 0.136 e. The highest BCUT2D eigenvalue weighted by Gasteiger charge is 1.89. The number of thiophene rings is 1. The van der Waals surface area contributed by atoms with E-state index in [1.165, 1.54) is 2.88 Å². The number of rotatable bonds is 0. The molecule has 0 radical (unpaired) electrons. The van der Waals surface area contributed by atoms with Gasteiger partial charge in [-0.25, -0.2) is 0 Å². The van der Waals surface area contributed by atoms with Crippen LogP contribution >= 0.6 is 33.9 Å². The van der Waals surface area contributed by atoms with Crippen LogP contribution < -0.4 is 0 Å². The Kier molecular flexibility index (Phi) is 1.92. The highest BCUT2D eigenvalue weighted by Crippen LogP contribution is 2.14. The molecule has 0 saturated carbocycles. The molecular weight excluding hydrogens is 231 g/mol. The van der Waals surface area contributed by atoms with Gasteiger partial charge in [0.2, 0.25) is 0 Å². The Hall–Kier alpha value is -0.0100. The van der Waals surface area contributed by atoms with Crippen LogP contribution in [0.1, 0.15) is 5.56 Å². The van der Waals surface area contributed by atoms with Crippen LogP contribution in [0.15, 0.2) is 11.4 Å². The maximum atomic E-state index is 5.12. The van der Waals surface area contributed by atoms with Gasteiger partial charge in [0.1, 0.15) is 0 Å². The first kappa shape index (κ1) is 6.12. The van der Waals surface area contributed by atoms with Crippen LogP contribution in [0.5, 0.6) is 0 Å². The molecule has 0 atom stereocenters. The molecule has 40 valence electrons. The molecular formula is C6H3IS. The summed E-state index contributed by atoms with van der Waals surface area (Å²) < 4.78 is 1.25. The lowest BCUT2D eigenvalue weighted by Gasteiger charge is -1.69. The molecule has 0 aliphatic rings. The van der Waals surface area contributed by atoms with E-state index >= 15 is 0 Å². The van der Waals surface area contributed by atoms with E-state index in [0.717, 1.165) is 5.56 Å². The van der Waals surface area contributed by atoms with Gasteiger partial charge < -0.3 is 0 Å². The standard InChI is InChI=1S/C6H3IS/c1-2-5-3-6(7)8-4-5/h1,3-4H. The third-order valence-corrected chi connectivity index (χ3v) is 2.52. The Balaban J connectivity index is 3.05. The highest BCUT2D eigenvalue weighted by molar-refractivity contribution is 14.1. The zero-order valence-corrected chi connectivity index (χ0v) is 6.99. The lowest BCUT2D eigenvalue weighted by molar-refractivity contribution is 1.84. The van der Waals surface area contributed by atoms with Gasteiger partial charge in [-0.1, -0.05) is 5.92 Å². The minimum atomic E-state index is 0.986. The number of hydrogen-bond donors (Lipinski definition) is 0. The van der Waals surface area contributed by atoms with Crippen molar-refractivity contribution in [2.24, 2.45) is 0 Å². The summed E-state index contributed by atoms with van der Waals surface area (Å²) in [5.74, 6) is 2.55. The third-order valence-electron chi connectivity index (χ3n) is 0.734. The van der Waals surface area contributed by atoms with Crippen molar-refractivity contribution in [3.63, 3.8) is 0 Å². The second-order valence-electron chi connectivity index (χ2n) is 1.28. The van der Waals surface area contributed by atoms with Gasteiger partial charge in [-0.05, 0) is 28.7 Å². The van der Waals surface area contributed by atoms with Gasteiger partial charge in [0.15, 0.2) is 0 Å². The van der Waals surface area contributed by atoms with Crippen LogP contribution in [-0.2, 0) is 0 Å². The third kappa shape index (κ3) is 1.23. The Morgan fingerprint density at radius 3 is 2.75 bits per heavy atom. The van der Waals surface area contributed by atoms with Crippen molar-refractivity contribution in [3.8, 4) is 12.3 Å². The number of terminal acetylenes is 1. The lowest BCUT2D eigenvalue weighted by Crippen LogP contribution is -1.57. The predicted molar refractivity (Wildman–Crippen MR) is 45.0 cm³/mol. The van der Waals surface area contributed by atoms with E-state index in [4.69, 9.17) is 6.42 Å². The number of halogens is 1. The molecule has 0 amide bonds. The zero-order chi connectivity index (χ0) is 5.98. The SMILES string of the molecule is C#Cc1csc(I)c1. The fourth-order valence-electron chi connectivity index (χ4n) is 0.386. The summed E-state index contributed by atoms with van der Waals surface area (Å²) in [7, 11) is 0. The molecule has 0 N–H and O–H groups in total. The fourth-order valence-corrected chi connectivity index (χ4v) is 1.67. The zero-order valence-electron chi connectivity index (χ0n) is 4.02. The molecule has 0 saturated heterocycles. The maximum Gasteiger partial charge on any atom is 0.0666 e. The molecule has 2 heteroatoms. The minimum Gasteiger partial charge on any atom is -0.136 e. The second-order valence-corrected chi connectivity index (χ2v) is 4.09. The van der Waals surface area contributed by atoms with Crippen LogP contribution in [-0.4, -0.2) is 0 Å². The monoisotopic (exact) mass is 234 g/mol. The van der Waals surface area contributed by atoms with Gasteiger partial charge >= 0.3 is 0 Å². The molecule has 1 aromatic heterocycles. The van der Waals surface area contributed by atoms with Crippen molar-refractivity contribution in [2.45, 2.75) is 0 Å². The van der Waals surface area contributed by atoms with Crippen molar-refractivity contribution in [1.82, 2.24) is 0 Å². The van der Waals surface area contributed by atoms with Gasteiger partial charge in [-0.15, -0.1) is 17.8 Å². The Morgan fingerprint density at radius 2 is 2.50 bits per heavy atom. The van der Waals surface area contributed by atoms with E-state index in [1.807, 2.05) is 11.4 Å². The van der Waals surface area contributed by atoms with Crippen LogP contribution in [0.25, 0.3) is 0 Å². The van der Waals surface area contributed by atoms with Crippen LogP contribution in [0, 0.1) is 15.2 Å². The molecule has 8 heavy (non-hydrogen) atoms. The predicted octanol–water partition coefficient (Wildman–Crippen LogP) is 2.33. The van der Waals surface area contributed by atoms with Crippen LogP contribution in [0.2, 0.25) is 0 Å². The van der Waals surface area contributed by atoms with Crippen molar-refractivity contribution in [3.05, 3.63) is 19.9 Å². The van der Waals surface area contributed by atoms with E-state index < -0.39 is 0 Å². The topological polar surface area (TPSA) is 0 Å². The van der Waals surface area contributed by atoms with Crippen molar-refractivity contribution in [1.29, 1.82) is 0 Å². The average molecular weight is 234 g/mol. The summed E-state index contributed by atoms with van der Waals surface area (Å²) in [5.41, 5.74) is 0.986. The average Bonchev–Trinajstić information content (AvgIpc) is 2.14. The van der Waals surface area contributed by atoms with E-state index in [-0.39, 0.29) is 0 Å². The molecule has 0 aliphatic carbocycles. The summed E-state index contributed by atoms with van der Waals surface area (Å²) in [6, 6.07) is 1.99. The summed E-state index contributed by atoms with van der Waals surface area (Å²) in [4.78, 5) is 0. The lowest BCUT2D eigenvalue weighted by atomic mass is 10.4. The minimum absolute atomic E-state index is 0.986. The molecule has 0 nitrogen and oxygen atoms in total. The first-order chi connectivity index (χ1) is 3.83. The summed E-state index contributed by atoms with van der Waals surface area (Å²) in [6.45, 7) is 0. The molecule has 0 aliphatic heterocycles. The first-order valence-electron chi connectivity index (χ1n) is 2.03. The molecule has 0 fully saturated rings. The Bertz CT molecular complexity index is 219. The highest BCUT2D eigenvalue weighted by atomic mass is 127. The normalized spacial score (nSPS) is 8.50. The smallest absolute Gasteiger partial charge is 0.0666 e. The van der Waals surface area contributed by atoms with Gasteiger partial charge in [-0.3, -0.25) is 0 Å². The number of hydrogen-bond acceptors (Lipinski definition) is 1. The van der Waals surface area contributed by atoms with E-state index in [1.54, 1.807) is 11.3 Å². The van der Waals surface area contributed by atoms with Crippen molar-refractivity contribution in [2.75, 3.05) is 0 Å². The summed E-state index contributed by atoms with van der Waals surface area (Å²) in [5, 5.41) is 1.97. The van der Waals surface area contributed by atoms with Gasteiger partial charge in [-0.2, -0.15) is 0 Å². The summed E-state index contributed by atoms with van der Waals surface area (Å²) >= 11 is 3.92. The maximum absolute atomic E-state index is 5.12. The van der Waals surface area contributed by atoms with Crippen molar-refractivity contribution < 1.29 is 0 Å².